The van der Waals surface area contributed by atoms with E-state index in [0.717, 1.165) is 36.5 Å². The molecule has 0 bridgehead atoms. The Kier molecular flexibility index (Phi) is 7.37. The number of benzene rings is 4. The van der Waals surface area contributed by atoms with Gasteiger partial charge in [0, 0.05) is 26.2 Å². The smallest absolute Gasteiger partial charge is 0.328 e. The number of piperidine rings is 1. The second kappa shape index (κ2) is 11.3. The lowest BCUT2D eigenvalue weighted by Gasteiger charge is -2.42. The first-order chi connectivity index (χ1) is 20.0. The van der Waals surface area contributed by atoms with Crippen molar-refractivity contribution in [1.82, 2.24) is 14.7 Å². The van der Waals surface area contributed by atoms with Crippen LogP contribution in [0.4, 0.5) is 4.79 Å². The van der Waals surface area contributed by atoms with Crippen molar-refractivity contribution < 1.29 is 19.1 Å². The molecule has 0 radical (unpaired) electrons. The van der Waals surface area contributed by atoms with Gasteiger partial charge in [0.15, 0.2) is 0 Å². The van der Waals surface area contributed by atoms with E-state index in [1.165, 1.54) is 21.2 Å². The van der Waals surface area contributed by atoms with Crippen LogP contribution in [0.25, 0.3) is 10.8 Å². The first-order valence-corrected chi connectivity index (χ1v) is 14.1. The standard InChI is InChI=1S/C34H35N3O4/c1-40-29-13-5-8-25(20-29)22-36-32(38)34(37(33(36)39)23-26-9-6-14-30(21-26)41-2)16-18-35(19-17-34)24-28-12-7-11-27-10-3-4-15-31(27)28/h3-15,20-21H,16-19,22-24H2,1-2H3. The van der Waals surface area contributed by atoms with Crippen molar-refractivity contribution >= 4 is 22.7 Å². The van der Waals surface area contributed by atoms with E-state index in [9.17, 15) is 9.59 Å². The third kappa shape index (κ3) is 5.13. The third-order valence-electron chi connectivity index (χ3n) is 8.53. The second-order valence-corrected chi connectivity index (χ2v) is 10.9. The number of imide groups is 1. The molecule has 7 nitrogen and oxygen atoms in total. The molecule has 0 N–H and O–H groups in total. The first kappa shape index (κ1) is 26.8. The molecule has 7 heteroatoms. The number of carbonyl (C=O) groups excluding carboxylic acids is 2. The fourth-order valence-corrected chi connectivity index (χ4v) is 6.28. The lowest BCUT2D eigenvalue weighted by molar-refractivity contribution is -0.136. The van der Waals surface area contributed by atoms with E-state index in [-0.39, 0.29) is 18.5 Å². The molecule has 4 aromatic carbocycles. The van der Waals surface area contributed by atoms with Crippen molar-refractivity contribution in [3.8, 4) is 11.5 Å². The van der Waals surface area contributed by atoms with Crippen LogP contribution in [0.3, 0.4) is 0 Å². The molecule has 0 saturated carbocycles. The summed E-state index contributed by atoms with van der Waals surface area (Å²) in [6.07, 6.45) is 1.17. The Morgan fingerprint density at radius 1 is 0.707 bits per heavy atom. The normalized spacial score (nSPS) is 17.0. The van der Waals surface area contributed by atoms with Crippen LogP contribution < -0.4 is 9.47 Å². The Morgan fingerprint density at radius 3 is 2.00 bits per heavy atom. The van der Waals surface area contributed by atoms with Crippen molar-refractivity contribution in [2.45, 2.75) is 38.0 Å². The second-order valence-electron chi connectivity index (χ2n) is 10.9. The van der Waals surface area contributed by atoms with Crippen molar-refractivity contribution in [2.24, 2.45) is 0 Å². The van der Waals surface area contributed by atoms with Gasteiger partial charge in [0.25, 0.3) is 5.91 Å². The van der Waals surface area contributed by atoms with E-state index in [0.29, 0.717) is 25.1 Å². The molecular formula is C34H35N3O4. The van der Waals surface area contributed by atoms with Crippen LogP contribution in [-0.2, 0) is 24.4 Å². The summed E-state index contributed by atoms with van der Waals surface area (Å²) in [5.41, 5.74) is 2.19. The van der Waals surface area contributed by atoms with Crippen molar-refractivity contribution in [3.05, 3.63) is 108 Å². The maximum atomic E-state index is 14.2. The van der Waals surface area contributed by atoms with Gasteiger partial charge in [0.05, 0.1) is 20.8 Å². The molecule has 0 aromatic heterocycles. The molecule has 0 aliphatic carbocycles. The van der Waals surface area contributed by atoms with E-state index in [4.69, 9.17) is 9.47 Å². The van der Waals surface area contributed by atoms with Gasteiger partial charge in [0.2, 0.25) is 0 Å². The minimum atomic E-state index is -0.881. The minimum Gasteiger partial charge on any atom is -0.497 e. The zero-order chi connectivity index (χ0) is 28.4. The summed E-state index contributed by atoms with van der Waals surface area (Å²) in [7, 11) is 3.24. The predicted molar refractivity (Wildman–Crippen MR) is 159 cm³/mol. The fourth-order valence-electron chi connectivity index (χ4n) is 6.28. The molecule has 6 rings (SSSR count). The van der Waals surface area contributed by atoms with Crippen LogP contribution in [-0.4, -0.2) is 59.5 Å². The molecule has 210 valence electrons. The Balaban J connectivity index is 1.27. The van der Waals surface area contributed by atoms with Gasteiger partial charge in [-0.1, -0.05) is 66.7 Å². The van der Waals surface area contributed by atoms with Crippen LogP contribution in [0.5, 0.6) is 11.5 Å². The Hall–Kier alpha value is -4.36. The van der Waals surface area contributed by atoms with Crippen LogP contribution in [0.15, 0.2) is 91.0 Å². The average molecular weight is 550 g/mol. The number of likely N-dealkylation sites (tertiary alicyclic amines) is 1. The largest absolute Gasteiger partial charge is 0.497 e. The van der Waals surface area contributed by atoms with Crippen LogP contribution in [0, 0.1) is 0 Å². The Bertz CT molecular complexity index is 1570. The van der Waals surface area contributed by atoms with Gasteiger partial charge in [-0.05, 0) is 64.6 Å². The SMILES string of the molecule is COc1cccc(CN2C(=O)N(Cc3cccc(OC)c3)C3(CCN(Cc4cccc5ccccc45)CC3)C2=O)c1. The quantitative estimate of drug-likeness (QED) is 0.258. The average Bonchev–Trinajstić information content (AvgIpc) is 3.19. The molecule has 2 aliphatic heterocycles. The number of ether oxygens (including phenoxy) is 2. The summed E-state index contributed by atoms with van der Waals surface area (Å²) in [6.45, 7) is 2.82. The van der Waals surface area contributed by atoms with Gasteiger partial charge in [-0.3, -0.25) is 14.6 Å². The van der Waals surface area contributed by atoms with Crippen LogP contribution in [0.1, 0.15) is 29.5 Å². The van der Waals surface area contributed by atoms with E-state index >= 15 is 0 Å². The van der Waals surface area contributed by atoms with Crippen LogP contribution >= 0.6 is 0 Å². The molecule has 2 aliphatic rings. The monoisotopic (exact) mass is 549 g/mol. The van der Waals surface area contributed by atoms with Crippen molar-refractivity contribution in [1.29, 1.82) is 0 Å². The van der Waals surface area contributed by atoms with E-state index < -0.39 is 5.54 Å². The summed E-state index contributed by atoms with van der Waals surface area (Å²) in [6, 6.07) is 29.9. The molecule has 0 unspecified atom stereocenters. The number of hydrogen-bond acceptors (Lipinski definition) is 5. The van der Waals surface area contributed by atoms with Gasteiger partial charge >= 0.3 is 6.03 Å². The fraction of sp³-hybridized carbons (Fsp3) is 0.294. The van der Waals surface area contributed by atoms with Gasteiger partial charge in [-0.15, -0.1) is 0 Å². The van der Waals surface area contributed by atoms with E-state index in [1.54, 1.807) is 19.1 Å². The zero-order valence-corrected chi connectivity index (χ0v) is 23.6. The highest BCUT2D eigenvalue weighted by Gasteiger charge is 2.57. The van der Waals surface area contributed by atoms with Crippen molar-refractivity contribution in [3.63, 3.8) is 0 Å². The number of carbonyl (C=O) groups is 2. The molecule has 1 spiro atoms. The van der Waals surface area contributed by atoms with Gasteiger partial charge in [-0.2, -0.15) is 0 Å². The minimum absolute atomic E-state index is 0.113. The number of urea groups is 1. The summed E-state index contributed by atoms with van der Waals surface area (Å²) in [5, 5.41) is 2.49. The first-order valence-electron chi connectivity index (χ1n) is 14.1. The van der Waals surface area contributed by atoms with Crippen molar-refractivity contribution in [2.75, 3.05) is 27.3 Å². The summed E-state index contributed by atoms with van der Waals surface area (Å²) >= 11 is 0. The summed E-state index contributed by atoms with van der Waals surface area (Å²) < 4.78 is 10.8. The van der Waals surface area contributed by atoms with Gasteiger partial charge in [0.1, 0.15) is 17.0 Å². The number of methoxy groups -OCH3 is 2. The lowest BCUT2D eigenvalue weighted by atomic mass is 9.85. The summed E-state index contributed by atoms with van der Waals surface area (Å²) in [5.74, 6) is 1.32. The number of hydrogen-bond donors (Lipinski definition) is 0. The molecule has 41 heavy (non-hydrogen) atoms. The third-order valence-corrected chi connectivity index (χ3v) is 8.53. The molecule has 2 fully saturated rings. The number of fused-ring (bicyclic) bond motifs is 1. The number of rotatable bonds is 8. The lowest BCUT2D eigenvalue weighted by Crippen LogP contribution is -2.56. The molecule has 4 aromatic rings. The maximum Gasteiger partial charge on any atom is 0.328 e. The number of nitrogens with zero attached hydrogens (tertiary/aromatic N) is 3. The maximum absolute atomic E-state index is 14.2. The molecule has 2 saturated heterocycles. The highest BCUT2D eigenvalue weighted by Crippen LogP contribution is 2.40. The van der Waals surface area contributed by atoms with E-state index in [2.05, 4.69) is 47.4 Å². The summed E-state index contributed by atoms with van der Waals surface area (Å²) in [4.78, 5) is 33.8. The Labute approximate surface area is 240 Å². The predicted octanol–water partition coefficient (Wildman–Crippen LogP) is 5.86. The highest BCUT2D eigenvalue weighted by atomic mass is 16.5. The number of amides is 3. The molecule has 2 heterocycles. The van der Waals surface area contributed by atoms with Crippen LogP contribution in [0.2, 0.25) is 0 Å². The topological polar surface area (TPSA) is 62.3 Å². The van der Waals surface area contributed by atoms with Gasteiger partial charge in [-0.25, -0.2) is 4.79 Å². The zero-order valence-electron chi connectivity index (χ0n) is 23.6. The Morgan fingerprint density at radius 2 is 1.32 bits per heavy atom. The highest BCUT2D eigenvalue weighted by molar-refractivity contribution is 6.07. The molecular weight excluding hydrogens is 514 g/mol. The van der Waals surface area contributed by atoms with E-state index in [1.807, 2.05) is 48.5 Å². The molecule has 3 amide bonds. The van der Waals surface area contributed by atoms with Gasteiger partial charge < -0.3 is 14.4 Å². The molecule has 0 atom stereocenters.